The van der Waals surface area contributed by atoms with Crippen LogP contribution in [0.25, 0.3) is 0 Å². The Morgan fingerprint density at radius 2 is 1.96 bits per heavy atom. The minimum absolute atomic E-state index is 0.150. The number of nitrogens with zero attached hydrogens (tertiary/aromatic N) is 7. The molecule has 3 heterocycles. The van der Waals surface area contributed by atoms with Crippen LogP contribution in [0, 0.1) is 0 Å². The Bertz CT molecular complexity index is 753. The number of hydrogen-bond acceptors (Lipinski definition) is 10. The van der Waals surface area contributed by atoms with Crippen LogP contribution in [0.5, 0.6) is 6.01 Å². The molecule has 27 heavy (non-hydrogen) atoms. The van der Waals surface area contributed by atoms with Crippen molar-refractivity contribution in [3.63, 3.8) is 0 Å². The van der Waals surface area contributed by atoms with E-state index in [1.807, 2.05) is 19.0 Å². The molecular formula is C16H22N8O3. The normalized spacial score (nSPS) is 13.9. The lowest BCUT2D eigenvalue weighted by molar-refractivity contribution is -0.123. The molecule has 0 spiro atoms. The van der Waals surface area contributed by atoms with E-state index < -0.39 is 0 Å². The number of anilines is 2. The number of morpholine rings is 1. The van der Waals surface area contributed by atoms with E-state index in [9.17, 15) is 4.79 Å². The maximum atomic E-state index is 12.0. The van der Waals surface area contributed by atoms with Gasteiger partial charge in [-0.05, 0) is 6.07 Å². The van der Waals surface area contributed by atoms with Gasteiger partial charge in [-0.1, -0.05) is 0 Å². The molecule has 1 fully saturated rings. The molecule has 0 saturated carbocycles. The van der Waals surface area contributed by atoms with Crippen LogP contribution in [0.2, 0.25) is 0 Å². The van der Waals surface area contributed by atoms with E-state index in [-0.39, 0.29) is 25.1 Å². The van der Waals surface area contributed by atoms with Crippen LogP contribution in [-0.4, -0.2) is 77.8 Å². The number of hydrogen-bond donors (Lipinski definition) is 1. The standard InChI is InChI=1S/C16H22N8O3/c1-23(2)14-20-12(21-15(22-14)24-6-8-26-9-7-24)10-19-13(25)11-27-16-17-4-3-5-18-16/h3-5H,6-11H2,1-2H3,(H,19,25). The van der Waals surface area contributed by atoms with Crippen LogP contribution < -0.4 is 19.9 Å². The van der Waals surface area contributed by atoms with Gasteiger partial charge in [0.15, 0.2) is 12.4 Å². The number of rotatable bonds is 7. The Balaban J connectivity index is 1.61. The van der Waals surface area contributed by atoms with Crippen molar-refractivity contribution < 1.29 is 14.3 Å². The van der Waals surface area contributed by atoms with Crippen molar-refractivity contribution >= 4 is 17.8 Å². The molecule has 3 rings (SSSR count). The Kier molecular flexibility index (Phi) is 6.26. The quantitative estimate of drug-likeness (QED) is 0.663. The Hall–Kier alpha value is -3.08. The van der Waals surface area contributed by atoms with E-state index in [1.54, 1.807) is 23.4 Å². The van der Waals surface area contributed by atoms with Crippen LogP contribution in [0.15, 0.2) is 18.5 Å². The monoisotopic (exact) mass is 374 g/mol. The summed E-state index contributed by atoms with van der Waals surface area (Å²) in [5, 5.41) is 2.73. The fourth-order valence-electron chi connectivity index (χ4n) is 2.30. The second-order valence-electron chi connectivity index (χ2n) is 5.94. The summed E-state index contributed by atoms with van der Waals surface area (Å²) < 4.78 is 10.6. The summed E-state index contributed by atoms with van der Waals surface area (Å²) in [6.07, 6.45) is 3.09. The van der Waals surface area contributed by atoms with Gasteiger partial charge in [0.25, 0.3) is 5.91 Å². The molecule has 0 aromatic carbocycles. The second kappa shape index (κ2) is 9.03. The molecule has 1 saturated heterocycles. The maximum Gasteiger partial charge on any atom is 0.316 e. The van der Waals surface area contributed by atoms with Crippen molar-refractivity contribution in [2.75, 3.05) is 56.8 Å². The summed E-state index contributed by atoms with van der Waals surface area (Å²) in [6.45, 7) is 2.67. The molecule has 2 aromatic heterocycles. The van der Waals surface area contributed by atoms with Crippen molar-refractivity contribution in [1.29, 1.82) is 0 Å². The Labute approximate surface area is 156 Å². The third-order valence-corrected chi connectivity index (χ3v) is 3.67. The number of carbonyl (C=O) groups is 1. The summed E-state index contributed by atoms with van der Waals surface area (Å²) in [5.74, 6) is 1.27. The number of carbonyl (C=O) groups excluding carboxylic acids is 1. The largest absolute Gasteiger partial charge is 0.453 e. The topological polar surface area (TPSA) is 118 Å². The zero-order chi connectivity index (χ0) is 19.1. The second-order valence-corrected chi connectivity index (χ2v) is 5.94. The predicted octanol–water partition coefficient (Wildman–Crippen LogP) is -0.741. The van der Waals surface area contributed by atoms with Gasteiger partial charge in [0.1, 0.15) is 0 Å². The minimum Gasteiger partial charge on any atom is -0.453 e. The van der Waals surface area contributed by atoms with Gasteiger partial charge >= 0.3 is 6.01 Å². The van der Waals surface area contributed by atoms with Crippen LogP contribution >= 0.6 is 0 Å². The molecule has 0 radical (unpaired) electrons. The van der Waals surface area contributed by atoms with Gasteiger partial charge in [-0.25, -0.2) is 9.97 Å². The highest BCUT2D eigenvalue weighted by molar-refractivity contribution is 5.77. The zero-order valence-electron chi connectivity index (χ0n) is 15.3. The molecule has 11 heteroatoms. The van der Waals surface area contributed by atoms with E-state index in [0.717, 1.165) is 0 Å². The zero-order valence-corrected chi connectivity index (χ0v) is 15.3. The lowest BCUT2D eigenvalue weighted by Gasteiger charge is -2.27. The molecular weight excluding hydrogens is 352 g/mol. The summed E-state index contributed by atoms with van der Waals surface area (Å²) in [4.78, 5) is 37.0. The first kappa shape index (κ1) is 18.7. The first-order chi connectivity index (χ1) is 13.1. The van der Waals surface area contributed by atoms with Gasteiger partial charge in [-0.2, -0.15) is 15.0 Å². The fourth-order valence-corrected chi connectivity index (χ4v) is 2.30. The highest BCUT2D eigenvalue weighted by Crippen LogP contribution is 2.14. The van der Waals surface area contributed by atoms with Gasteiger partial charge < -0.3 is 24.6 Å². The predicted molar refractivity (Wildman–Crippen MR) is 96.6 cm³/mol. The number of ether oxygens (including phenoxy) is 2. The van der Waals surface area contributed by atoms with Gasteiger partial charge in [0.2, 0.25) is 11.9 Å². The summed E-state index contributed by atoms with van der Waals surface area (Å²) in [5.41, 5.74) is 0. The lowest BCUT2D eigenvalue weighted by Crippen LogP contribution is -2.38. The van der Waals surface area contributed by atoms with Crippen molar-refractivity contribution in [2.45, 2.75) is 6.54 Å². The first-order valence-corrected chi connectivity index (χ1v) is 8.53. The molecule has 0 bridgehead atoms. The SMILES string of the molecule is CN(C)c1nc(CNC(=O)COc2ncccn2)nc(N2CCOCC2)n1. The molecule has 1 aliphatic heterocycles. The molecule has 1 aliphatic rings. The third kappa shape index (κ3) is 5.45. The van der Waals surface area contributed by atoms with Crippen molar-refractivity contribution in [3.05, 3.63) is 24.3 Å². The van der Waals surface area contributed by atoms with Crippen molar-refractivity contribution in [1.82, 2.24) is 30.2 Å². The fraction of sp³-hybridized carbons (Fsp3) is 0.500. The lowest BCUT2D eigenvalue weighted by atomic mass is 10.4. The van der Waals surface area contributed by atoms with E-state index >= 15 is 0 Å². The minimum atomic E-state index is -0.317. The molecule has 0 atom stereocenters. The summed E-state index contributed by atoms with van der Waals surface area (Å²) in [6, 6.07) is 1.82. The number of aromatic nitrogens is 5. The van der Waals surface area contributed by atoms with Crippen molar-refractivity contribution in [2.24, 2.45) is 0 Å². The van der Waals surface area contributed by atoms with E-state index in [4.69, 9.17) is 9.47 Å². The number of amides is 1. The Morgan fingerprint density at radius 1 is 1.22 bits per heavy atom. The van der Waals surface area contributed by atoms with Crippen LogP contribution in [0.4, 0.5) is 11.9 Å². The third-order valence-electron chi connectivity index (χ3n) is 3.67. The summed E-state index contributed by atoms with van der Waals surface area (Å²) in [7, 11) is 3.71. The highest BCUT2D eigenvalue weighted by atomic mass is 16.5. The molecule has 11 nitrogen and oxygen atoms in total. The van der Waals surface area contributed by atoms with Gasteiger partial charge in [0.05, 0.1) is 19.8 Å². The average Bonchev–Trinajstić information content (AvgIpc) is 2.72. The first-order valence-electron chi connectivity index (χ1n) is 8.53. The van der Waals surface area contributed by atoms with Gasteiger partial charge in [-0.15, -0.1) is 0 Å². The molecule has 1 N–H and O–H groups in total. The molecule has 0 aliphatic carbocycles. The van der Waals surface area contributed by atoms with Crippen LogP contribution in [-0.2, 0) is 16.1 Å². The van der Waals surface area contributed by atoms with Crippen LogP contribution in [0.1, 0.15) is 5.82 Å². The van der Waals surface area contributed by atoms with E-state index in [1.165, 1.54) is 0 Å². The highest BCUT2D eigenvalue weighted by Gasteiger charge is 2.17. The number of nitrogens with one attached hydrogen (secondary N) is 1. The van der Waals surface area contributed by atoms with E-state index in [2.05, 4.69) is 30.2 Å². The smallest absolute Gasteiger partial charge is 0.316 e. The van der Waals surface area contributed by atoms with Crippen LogP contribution in [0.3, 0.4) is 0 Å². The van der Waals surface area contributed by atoms with E-state index in [0.29, 0.717) is 44.0 Å². The van der Waals surface area contributed by atoms with Gasteiger partial charge in [-0.3, -0.25) is 4.79 Å². The van der Waals surface area contributed by atoms with Crippen molar-refractivity contribution in [3.8, 4) is 6.01 Å². The maximum absolute atomic E-state index is 12.0. The molecule has 2 aromatic rings. The summed E-state index contributed by atoms with van der Waals surface area (Å²) >= 11 is 0. The molecule has 0 unspecified atom stereocenters. The molecule has 144 valence electrons. The average molecular weight is 374 g/mol. The molecule has 1 amide bonds. The Morgan fingerprint density at radius 3 is 2.67 bits per heavy atom. The van der Waals surface area contributed by atoms with Gasteiger partial charge in [0, 0.05) is 39.6 Å².